The number of methoxy groups -OCH3 is 1. The maximum absolute atomic E-state index is 11.7. The molecule has 15 heavy (non-hydrogen) atoms. The molecular formula is C11H19NO3. The smallest absolute Gasteiger partial charge is 0.331 e. The molecule has 4 nitrogen and oxygen atoms in total. The van der Waals surface area contributed by atoms with E-state index in [0.29, 0.717) is 19.3 Å². The van der Waals surface area contributed by atoms with Gasteiger partial charge in [-0.15, -0.1) is 0 Å². The van der Waals surface area contributed by atoms with Crippen LogP contribution < -0.4 is 5.32 Å². The lowest BCUT2D eigenvalue weighted by atomic mass is 9.81. The number of esters is 1. The highest BCUT2D eigenvalue weighted by molar-refractivity contribution is 5.88. The van der Waals surface area contributed by atoms with E-state index in [2.05, 4.69) is 5.32 Å². The first-order valence-corrected chi connectivity index (χ1v) is 5.54. The monoisotopic (exact) mass is 213 g/mol. The van der Waals surface area contributed by atoms with Crippen LogP contribution in [0.1, 0.15) is 45.4 Å². The van der Waals surface area contributed by atoms with Crippen molar-refractivity contribution in [3.8, 4) is 0 Å². The van der Waals surface area contributed by atoms with Crippen LogP contribution >= 0.6 is 0 Å². The minimum Gasteiger partial charge on any atom is -0.467 e. The third kappa shape index (κ3) is 2.70. The molecule has 0 atom stereocenters. The SMILES string of the molecule is CCC(=O)NC1(C(=O)OC)CCCCC1. The number of hydrogen-bond acceptors (Lipinski definition) is 3. The first-order valence-electron chi connectivity index (χ1n) is 5.54. The lowest BCUT2D eigenvalue weighted by Gasteiger charge is -2.35. The fourth-order valence-corrected chi connectivity index (χ4v) is 2.09. The Bertz CT molecular complexity index is 244. The molecule has 1 aliphatic rings. The minimum atomic E-state index is -0.750. The van der Waals surface area contributed by atoms with Gasteiger partial charge in [0.05, 0.1) is 7.11 Å². The van der Waals surface area contributed by atoms with Crippen LogP contribution in [0.15, 0.2) is 0 Å². The van der Waals surface area contributed by atoms with Gasteiger partial charge in [0.15, 0.2) is 0 Å². The van der Waals surface area contributed by atoms with E-state index in [1.165, 1.54) is 7.11 Å². The second kappa shape index (κ2) is 5.14. The molecule has 0 aliphatic heterocycles. The summed E-state index contributed by atoms with van der Waals surface area (Å²) in [5, 5.41) is 2.82. The normalized spacial score (nSPS) is 19.3. The lowest BCUT2D eigenvalue weighted by Crippen LogP contribution is -2.56. The molecule has 1 aliphatic carbocycles. The number of nitrogens with one attached hydrogen (secondary N) is 1. The van der Waals surface area contributed by atoms with Gasteiger partial charge in [0, 0.05) is 6.42 Å². The largest absolute Gasteiger partial charge is 0.467 e. The number of rotatable bonds is 3. The van der Waals surface area contributed by atoms with Crippen molar-refractivity contribution in [2.75, 3.05) is 7.11 Å². The van der Waals surface area contributed by atoms with E-state index in [-0.39, 0.29) is 11.9 Å². The van der Waals surface area contributed by atoms with Gasteiger partial charge in [-0.05, 0) is 12.8 Å². The Morgan fingerprint density at radius 2 is 1.87 bits per heavy atom. The van der Waals surface area contributed by atoms with Crippen molar-refractivity contribution in [3.63, 3.8) is 0 Å². The Morgan fingerprint density at radius 3 is 2.33 bits per heavy atom. The third-order valence-electron chi connectivity index (χ3n) is 2.98. The Morgan fingerprint density at radius 1 is 1.27 bits per heavy atom. The Kier molecular flexibility index (Phi) is 4.12. The molecule has 0 spiro atoms. The molecule has 0 heterocycles. The highest BCUT2D eigenvalue weighted by atomic mass is 16.5. The Hall–Kier alpha value is -1.06. The fourth-order valence-electron chi connectivity index (χ4n) is 2.09. The fraction of sp³-hybridized carbons (Fsp3) is 0.818. The van der Waals surface area contributed by atoms with Crippen molar-refractivity contribution in [1.82, 2.24) is 5.32 Å². The zero-order valence-corrected chi connectivity index (χ0v) is 9.47. The summed E-state index contributed by atoms with van der Waals surface area (Å²) in [5.74, 6) is -0.383. The summed E-state index contributed by atoms with van der Waals surface area (Å²) in [5.41, 5.74) is -0.750. The zero-order chi connectivity index (χ0) is 11.3. The maximum Gasteiger partial charge on any atom is 0.331 e. The molecule has 0 saturated heterocycles. The van der Waals surface area contributed by atoms with Crippen molar-refractivity contribution in [3.05, 3.63) is 0 Å². The maximum atomic E-state index is 11.7. The molecule has 1 rings (SSSR count). The van der Waals surface area contributed by atoms with Crippen molar-refractivity contribution in [2.45, 2.75) is 51.0 Å². The molecule has 0 radical (unpaired) electrons. The standard InChI is InChI=1S/C11H19NO3/c1-3-9(13)12-11(10(14)15-2)7-5-4-6-8-11/h3-8H2,1-2H3,(H,12,13). The summed E-state index contributed by atoms with van der Waals surface area (Å²) in [7, 11) is 1.37. The molecular weight excluding hydrogens is 194 g/mol. The van der Waals surface area contributed by atoms with E-state index in [0.717, 1.165) is 19.3 Å². The average Bonchev–Trinajstić information content (AvgIpc) is 2.29. The van der Waals surface area contributed by atoms with Gasteiger partial charge in [0.25, 0.3) is 0 Å². The summed E-state index contributed by atoms with van der Waals surface area (Å²) in [6.45, 7) is 1.78. The van der Waals surface area contributed by atoms with Crippen molar-refractivity contribution in [2.24, 2.45) is 0 Å². The zero-order valence-electron chi connectivity index (χ0n) is 9.47. The number of amides is 1. The molecule has 1 fully saturated rings. The predicted molar refractivity (Wildman–Crippen MR) is 56.3 cm³/mol. The van der Waals surface area contributed by atoms with Crippen LogP contribution in [-0.2, 0) is 14.3 Å². The minimum absolute atomic E-state index is 0.0812. The molecule has 4 heteroatoms. The second-order valence-electron chi connectivity index (χ2n) is 4.04. The van der Waals surface area contributed by atoms with E-state index < -0.39 is 5.54 Å². The van der Waals surface area contributed by atoms with Crippen molar-refractivity contribution >= 4 is 11.9 Å². The Labute approximate surface area is 90.4 Å². The van der Waals surface area contributed by atoms with Gasteiger partial charge in [-0.2, -0.15) is 0 Å². The van der Waals surface area contributed by atoms with Crippen LogP contribution in [-0.4, -0.2) is 24.5 Å². The molecule has 0 bridgehead atoms. The summed E-state index contributed by atoms with van der Waals surface area (Å²) < 4.78 is 4.78. The summed E-state index contributed by atoms with van der Waals surface area (Å²) in [6, 6.07) is 0. The highest BCUT2D eigenvalue weighted by Gasteiger charge is 2.41. The lowest BCUT2D eigenvalue weighted by molar-refractivity contribution is -0.152. The molecule has 0 aromatic heterocycles. The van der Waals surface area contributed by atoms with E-state index in [1.807, 2.05) is 0 Å². The summed E-state index contributed by atoms with van der Waals surface area (Å²) in [6.07, 6.45) is 4.87. The second-order valence-corrected chi connectivity index (χ2v) is 4.04. The van der Waals surface area contributed by atoms with Gasteiger partial charge in [-0.25, -0.2) is 4.79 Å². The van der Waals surface area contributed by atoms with Crippen LogP contribution in [0.3, 0.4) is 0 Å². The molecule has 1 N–H and O–H groups in total. The van der Waals surface area contributed by atoms with Crippen LogP contribution in [0.25, 0.3) is 0 Å². The summed E-state index contributed by atoms with van der Waals surface area (Å²) >= 11 is 0. The van der Waals surface area contributed by atoms with Gasteiger partial charge < -0.3 is 10.1 Å². The van der Waals surface area contributed by atoms with Gasteiger partial charge in [0.2, 0.25) is 5.91 Å². The van der Waals surface area contributed by atoms with Crippen LogP contribution in [0.4, 0.5) is 0 Å². The first kappa shape index (κ1) is 12.0. The van der Waals surface area contributed by atoms with Crippen LogP contribution in [0, 0.1) is 0 Å². The van der Waals surface area contributed by atoms with Crippen molar-refractivity contribution in [1.29, 1.82) is 0 Å². The molecule has 1 saturated carbocycles. The number of carbonyl (C=O) groups excluding carboxylic acids is 2. The van der Waals surface area contributed by atoms with Gasteiger partial charge >= 0.3 is 5.97 Å². The van der Waals surface area contributed by atoms with Crippen molar-refractivity contribution < 1.29 is 14.3 Å². The van der Waals surface area contributed by atoms with E-state index >= 15 is 0 Å². The van der Waals surface area contributed by atoms with Gasteiger partial charge in [-0.3, -0.25) is 4.79 Å². The molecule has 86 valence electrons. The average molecular weight is 213 g/mol. The van der Waals surface area contributed by atoms with E-state index in [9.17, 15) is 9.59 Å². The molecule has 0 aromatic rings. The topological polar surface area (TPSA) is 55.4 Å². The molecule has 0 unspecified atom stereocenters. The predicted octanol–water partition coefficient (Wildman–Crippen LogP) is 1.39. The summed E-state index contributed by atoms with van der Waals surface area (Å²) in [4.78, 5) is 23.1. The van der Waals surface area contributed by atoms with Crippen LogP contribution in [0.5, 0.6) is 0 Å². The highest BCUT2D eigenvalue weighted by Crippen LogP contribution is 2.29. The quantitative estimate of drug-likeness (QED) is 0.721. The first-order chi connectivity index (χ1) is 7.14. The number of ether oxygens (including phenoxy) is 1. The number of hydrogen-bond donors (Lipinski definition) is 1. The van der Waals surface area contributed by atoms with E-state index in [1.54, 1.807) is 6.92 Å². The molecule has 1 amide bonds. The van der Waals surface area contributed by atoms with Crippen LogP contribution in [0.2, 0.25) is 0 Å². The van der Waals surface area contributed by atoms with E-state index in [4.69, 9.17) is 4.74 Å². The van der Waals surface area contributed by atoms with Gasteiger partial charge in [-0.1, -0.05) is 26.2 Å². The Balaban J connectivity index is 2.75. The number of carbonyl (C=O) groups is 2. The molecule has 0 aromatic carbocycles. The van der Waals surface area contributed by atoms with Gasteiger partial charge in [0.1, 0.15) is 5.54 Å². The third-order valence-corrected chi connectivity index (χ3v) is 2.98.